The van der Waals surface area contributed by atoms with Crippen LogP contribution in [-0.2, 0) is 17.6 Å². The van der Waals surface area contributed by atoms with Crippen LogP contribution in [0.2, 0.25) is 0 Å². The number of ether oxygens (including phenoxy) is 2. The molecule has 180 valence electrons. The highest BCUT2D eigenvalue weighted by atomic mass is 32.1. The lowest BCUT2D eigenvalue weighted by atomic mass is 9.80. The van der Waals surface area contributed by atoms with Gasteiger partial charge in [-0.2, -0.15) is 0 Å². The highest BCUT2D eigenvalue weighted by Gasteiger charge is 2.42. The van der Waals surface area contributed by atoms with Crippen LogP contribution in [0.1, 0.15) is 25.0 Å². The zero-order valence-electron chi connectivity index (χ0n) is 19.2. The number of isothiocyanates is 2. The molecule has 0 heterocycles. The van der Waals surface area contributed by atoms with Crippen LogP contribution < -0.4 is 9.47 Å². The highest BCUT2D eigenvalue weighted by molar-refractivity contribution is 7.78. The minimum atomic E-state index is -1.76. The molecule has 2 rings (SSSR count). The normalized spacial score (nSPS) is 14.0. The van der Waals surface area contributed by atoms with Crippen molar-refractivity contribution in [2.75, 3.05) is 26.3 Å². The molecule has 2 N–H and O–H groups in total. The summed E-state index contributed by atoms with van der Waals surface area (Å²) in [4.78, 5) is 20.6. The van der Waals surface area contributed by atoms with Crippen LogP contribution in [0.5, 0.6) is 11.5 Å². The minimum absolute atomic E-state index is 0.0500. The Kier molecular flexibility index (Phi) is 10.7. The van der Waals surface area contributed by atoms with Crippen molar-refractivity contribution in [3.8, 4) is 11.5 Å². The molecule has 0 aliphatic rings. The number of aliphatic imine (C=N–C) groups is 2. The first-order valence-electron chi connectivity index (χ1n) is 10.7. The highest BCUT2D eigenvalue weighted by Crippen LogP contribution is 2.26. The van der Waals surface area contributed by atoms with Gasteiger partial charge in [0.2, 0.25) is 0 Å². The number of rotatable bonds is 14. The van der Waals surface area contributed by atoms with Gasteiger partial charge >= 0.3 is 0 Å². The molecule has 2 unspecified atom stereocenters. The number of hydrogen-bond acceptors (Lipinski definition) is 9. The first-order chi connectivity index (χ1) is 16.2. The molecule has 7 nitrogen and oxygen atoms in total. The number of benzene rings is 2. The van der Waals surface area contributed by atoms with Crippen molar-refractivity contribution < 1.29 is 24.5 Å². The summed E-state index contributed by atoms with van der Waals surface area (Å²) in [6.07, 6.45) is 0.100. The first-order valence-corrected chi connectivity index (χ1v) is 11.5. The van der Waals surface area contributed by atoms with Crippen molar-refractivity contribution in [3.63, 3.8) is 0 Å². The number of aliphatic hydroxyl groups is 2. The van der Waals surface area contributed by atoms with Crippen molar-refractivity contribution in [2.45, 2.75) is 37.9 Å². The Hall–Kier alpha value is -2.77. The molecule has 0 radical (unpaired) electrons. The van der Waals surface area contributed by atoms with Crippen LogP contribution in [0.25, 0.3) is 0 Å². The molecular formula is C25H28N2O5S2. The van der Waals surface area contributed by atoms with Crippen LogP contribution in [-0.4, -0.2) is 63.8 Å². The molecule has 0 saturated heterocycles. The van der Waals surface area contributed by atoms with Crippen LogP contribution >= 0.6 is 24.4 Å². The molecule has 0 bridgehead atoms. The van der Waals surface area contributed by atoms with Crippen molar-refractivity contribution in [1.29, 1.82) is 0 Å². The second kappa shape index (κ2) is 13.2. The maximum atomic E-state index is 13.0. The Balaban J connectivity index is 1.96. The Morgan fingerprint density at radius 2 is 1.15 bits per heavy atom. The molecule has 0 fully saturated rings. The van der Waals surface area contributed by atoms with E-state index < -0.39 is 17.0 Å². The summed E-state index contributed by atoms with van der Waals surface area (Å²) in [5, 5.41) is 26.3. The summed E-state index contributed by atoms with van der Waals surface area (Å²) in [6.45, 7) is 4.41. The molecule has 2 atom stereocenters. The molecule has 34 heavy (non-hydrogen) atoms. The van der Waals surface area contributed by atoms with Crippen molar-refractivity contribution in [2.24, 2.45) is 9.98 Å². The molecule has 0 aromatic heterocycles. The van der Waals surface area contributed by atoms with Crippen LogP contribution in [0, 0.1) is 0 Å². The van der Waals surface area contributed by atoms with E-state index in [9.17, 15) is 15.0 Å². The summed E-state index contributed by atoms with van der Waals surface area (Å²) >= 11 is 9.01. The smallest absolute Gasteiger partial charge is 0.195 e. The Morgan fingerprint density at radius 3 is 1.47 bits per heavy atom. The average molecular weight is 501 g/mol. The number of nitrogens with zero attached hydrogens (tertiary/aromatic N) is 2. The third kappa shape index (κ3) is 8.88. The number of carbonyl (C=O) groups is 1. The first kappa shape index (κ1) is 27.5. The average Bonchev–Trinajstić information content (AvgIpc) is 2.81. The quantitative estimate of drug-likeness (QED) is 0.233. The van der Waals surface area contributed by atoms with E-state index in [1.807, 2.05) is 0 Å². The van der Waals surface area contributed by atoms with E-state index in [0.29, 0.717) is 37.8 Å². The van der Waals surface area contributed by atoms with Gasteiger partial charge in [-0.05, 0) is 73.7 Å². The molecule has 0 saturated carbocycles. The monoisotopic (exact) mass is 500 g/mol. The second-order valence-corrected chi connectivity index (χ2v) is 8.53. The molecule has 0 aliphatic heterocycles. The van der Waals surface area contributed by atoms with Crippen molar-refractivity contribution in [1.82, 2.24) is 0 Å². The Labute approximate surface area is 210 Å². The molecule has 0 spiro atoms. The predicted molar refractivity (Wildman–Crippen MR) is 137 cm³/mol. The maximum absolute atomic E-state index is 13.0. The lowest BCUT2D eigenvalue weighted by Crippen LogP contribution is -2.52. The Morgan fingerprint density at radius 1 is 0.794 bits per heavy atom. The van der Waals surface area contributed by atoms with Gasteiger partial charge in [-0.15, -0.1) is 0 Å². The number of ketones is 1. The van der Waals surface area contributed by atoms with Gasteiger partial charge in [-0.1, -0.05) is 24.3 Å². The van der Waals surface area contributed by atoms with E-state index in [4.69, 9.17) is 9.47 Å². The summed E-state index contributed by atoms with van der Waals surface area (Å²) in [5.74, 6) is 0.622. The van der Waals surface area contributed by atoms with Crippen LogP contribution in [0.4, 0.5) is 0 Å². The van der Waals surface area contributed by atoms with Crippen molar-refractivity contribution >= 4 is 40.5 Å². The maximum Gasteiger partial charge on any atom is 0.195 e. The molecule has 2 aromatic carbocycles. The largest absolute Gasteiger partial charge is 0.492 e. The standard InChI is InChI=1S/C25H28N2O5S2/c1-24(29,15-19-3-7-21(8-4-19)31-13-11-26-17-33)23(28)25(2,30)16-20-5-9-22(10-6-20)32-14-12-27-18-34/h3-10,29-30H,11-16H2,1-2H3. The summed E-state index contributed by atoms with van der Waals surface area (Å²) in [5.41, 5.74) is -2.05. The topological polar surface area (TPSA) is 101 Å². The SMILES string of the molecule is CC(O)(Cc1ccc(OCCN=C=S)cc1)C(=O)C(C)(O)Cc1ccc(OCCN=C=S)cc1. The van der Waals surface area contributed by atoms with Gasteiger partial charge in [0.25, 0.3) is 0 Å². The van der Waals surface area contributed by atoms with E-state index >= 15 is 0 Å². The zero-order valence-corrected chi connectivity index (χ0v) is 20.8. The number of carbonyl (C=O) groups excluding carboxylic acids is 1. The molecular weight excluding hydrogens is 472 g/mol. The molecule has 0 amide bonds. The minimum Gasteiger partial charge on any atom is -0.492 e. The number of hydrogen-bond donors (Lipinski definition) is 2. The summed E-state index contributed by atoms with van der Waals surface area (Å²) in [7, 11) is 0. The van der Waals surface area contributed by atoms with Gasteiger partial charge in [0.15, 0.2) is 5.78 Å². The van der Waals surface area contributed by atoms with Gasteiger partial charge in [0.05, 0.1) is 23.4 Å². The predicted octanol–water partition coefficient (Wildman–Crippen LogP) is 3.51. The number of Topliss-reactive ketones (excluding diaryl/α,β-unsaturated/α-hetero) is 1. The number of thiocarbonyl (C=S) groups is 2. The van der Waals surface area contributed by atoms with Crippen molar-refractivity contribution in [3.05, 3.63) is 59.7 Å². The fourth-order valence-electron chi connectivity index (χ4n) is 3.45. The lowest BCUT2D eigenvalue weighted by Gasteiger charge is -2.31. The van der Waals surface area contributed by atoms with E-state index in [2.05, 4.69) is 44.7 Å². The molecule has 9 heteroatoms. The summed E-state index contributed by atoms with van der Waals surface area (Å²) in [6, 6.07) is 14.1. The van der Waals surface area contributed by atoms with Crippen LogP contribution in [0.15, 0.2) is 58.5 Å². The Bertz CT molecular complexity index is 956. The lowest BCUT2D eigenvalue weighted by molar-refractivity contribution is -0.153. The van der Waals surface area contributed by atoms with Crippen LogP contribution in [0.3, 0.4) is 0 Å². The molecule has 2 aromatic rings. The fraction of sp³-hybridized carbons (Fsp3) is 0.400. The van der Waals surface area contributed by atoms with E-state index in [-0.39, 0.29) is 12.8 Å². The van der Waals surface area contributed by atoms with Gasteiger partial charge in [0, 0.05) is 12.8 Å². The second-order valence-electron chi connectivity index (χ2n) is 8.16. The van der Waals surface area contributed by atoms with Gasteiger partial charge in [-0.3, -0.25) is 4.79 Å². The summed E-state index contributed by atoms with van der Waals surface area (Å²) < 4.78 is 11.1. The van der Waals surface area contributed by atoms with E-state index in [0.717, 1.165) is 11.1 Å². The fourth-order valence-corrected chi connectivity index (χ4v) is 3.63. The van der Waals surface area contributed by atoms with Gasteiger partial charge in [0.1, 0.15) is 35.9 Å². The van der Waals surface area contributed by atoms with E-state index in [1.165, 1.54) is 13.8 Å². The third-order valence-electron chi connectivity index (χ3n) is 4.99. The van der Waals surface area contributed by atoms with Gasteiger partial charge < -0.3 is 19.7 Å². The molecule has 0 aliphatic carbocycles. The third-order valence-corrected chi connectivity index (χ3v) is 5.25. The van der Waals surface area contributed by atoms with E-state index in [1.54, 1.807) is 48.5 Å². The zero-order chi connectivity index (χ0) is 25.0. The van der Waals surface area contributed by atoms with Gasteiger partial charge in [-0.25, -0.2) is 9.98 Å².